The summed E-state index contributed by atoms with van der Waals surface area (Å²) < 4.78 is 11.1. The number of fused-ring (bicyclic) bond motifs is 3. The predicted octanol–water partition coefficient (Wildman–Crippen LogP) is 3.13. The van der Waals surface area contributed by atoms with Crippen LogP contribution < -0.4 is 0 Å². The van der Waals surface area contributed by atoms with Gasteiger partial charge in [-0.25, -0.2) is 0 Å². The molecule has 4 nitrogen and oxygen atoms in total. The zero-order valence-corrected chi connectivity index (χ0v) is 14.7. The number of carbonyl (C=O) groups is 2. The minimum absolute atomic E-state index is 0.0284. The molecule has 4 heteroatoms. The Bertz CT molecular complexity index is 572. The van der Waals surface area contributed by atoms with E-state index in [1.54, 1.807) is 6.92 Å². The van der Waals surface area contributed by atoms with Gasteiger partial charge in [0.25, 0.3) is 0 Å². The van der Waals surface area contributed by atoms with Gasteiger partial charge in [-0.1, -0.05) is 13.8 Å². The quantitative estimate of drug-likeness (QED) is 0.592. The molecule has 3 aliphatic carbocycles. The van der Waals surface area contributed by atoms with Gasteiger partial charge in [-0.3, -0.25) is 9.59 Å². The number of epoxide rings is 1. The van der Waals surface area contributed by atoms with E-state index in [0.29, 0.717) is 30.0 Å². The zero-order valence-electron chi connectivity index (χ0n) is 14.7. The lowest BCUT2D eigenvalue weighted by Gasteiger charge is -2.59. The van der Waals surface area contributed by atoms with Gasteiger partial charge in [0.15, 0.2) is 0 Å². The Morgan fingerprint density at radius 2 is 1.91 bits per heavy atom. The highest BCUT2D eigenvalue weighted by Crippen LogP contribution is 2.76. The molecule has 1 spiro atoms. The zero-order chi connectivity index (χ0) is 16.6. The summed E-state index contributed by atoms with van der Waals surface area (Å²) in [7, 11) is 1.45. The molecule has 4 rings (SSSR count). The smallest absolute Gasteiger partial charge is 0.306 e. The summed E-state index contributed by atoms with van der Waals surface area (Å²) in [5.74, 6) is 0.406. The highest BCUT2D eigenvalue weighted by atomic mass is 16.6. The third kappa shape index (κ3) is 1.87. The SMILES string of the molecule is COC(=O)CC1(C)C(C(C)=O)CCC23CC(C)(CCC12)C1OC13. The molecule has 0 N–H and O–H groups in total. The Morgan fingerprint density at radius 1 is 1.17 bits per heavy atom. The van der Waals surface area contributed by atoms with Crippen molar-refractivity contribution in [1.29, 1.82) is 0 Å². The minimum Gasteiger partial charge on any atom is -0.469 e. The maximum atomic E-state index is 12.3. The third-order valence-corrected chi connectivity index (χ3v) is 7.91. The van der Waals surface area contributed by atoms with Gasteiger partial charge in [-0.05, 0) is 55.8 Å². The Balaban J connectivity index is 1.74. The molecule has 4 fully saturated rings. The van der Waals surface area contributed by atoms with Crippen LogP contribution in [0.15, 0.2) is 0 Å². The molecular weight excluding hydrogens is 292 g/mol. The molecule has 1 heterocycles. The summed E-state index contributed by atoms with van der Waals surface area (Å²) in [5, 5.41) is 0. The lowest BCUT2D eigenvalue weighted by atomic mass is 9.45. The molecule has 128 valence electrons. The first-order valence-electron chi connectivity index (χ1n) is 9.00. The van der Waals surface area contributed by atoms with Gasteiger partial charge in [0.05, 0.1) is 25.7 Å². The number of carbonyl (C=O) groups excluding carboxylic acids is 2. The van der Waals surface area contributed by atoms with Crippen molar-refractivity contribution in [3.63, 3.8) is 0 Å². The van der Waals surface area contributed by atoms with E-state index in [9.17, 15) is 9.59 Å². The first kappa shape index (κ1) is 15.6. The minimum atomic E-state index is -0.292. The van der Waals surface area contributed by atoms with Crippen LogP contribution in [-0.4, -0.2) is 31.1 Å². The number of hydrogen-bond donors (Lipinski definition) is 0. The van der Waals surface area contributed by atoms with Crippen LogP contribution in [0.1, 0.15) is 59.3 Å². The van der Waals surface area contributed by atoms with E-state index in [4.69, 9.17) is 9.47 Å². The molecule has 3 saturated carbocycles. The van der Waals surface area contributed by atoms with Crippen LogP contribution in [0.5, 0.6) is 0 Å². The number of esters is 1. The average Bonchev–Trinajstić information content (AvgIpc) is 3.25. The van der Waals surface area contributed by atoms with E-state index in [2.05, 4.69) is 13.8 Å². The predicted molar refractivity (Wildman–Crippen MR) is 84.7 cm³/mol. The van der Waals surface area contributed by atoms with Crippen LogP contribution >= 0.6 is 0 Å². The molecule has 4 aliphatic rings. The maximum absolute atomic E-state index is 12.3. The molecule has 1 aliphatic heterocycles. The fraction of sp³-hybridized carbons (Fsp3) is 0.895. The van der Waals surface area contributed by atoms with Gasteiger partial charge in [-0.2, -0.15) is 0 Å². The van der Waals surface area contributed by atoms with E-state index in [0.717, 1.165) is 25.7 Å². The fourth-order valence-electron chi connectivity index (χ4n) is 7.02. The molecule has 2 bridgehead atoms. The molecule has 0 amide bonds. The largest absolute Gasteiger partial charge is 0.469 e. The molecular formula is C19H28O4. The van der Waals surface area contributed by atoms with Crippen molar-refractivity contribution in [2.45, 2.75) is 71.5 Å². The van der Waals surface area contributed by atoms with Crippen molar-refractivity contribution >= 4 is 11.8 Å². The summed E-state index contributed by atoms with van der Waals surface area (Å²) >= 11 is 0. The monoisotopic (exact) mass is 320 g/mol. The second kappa shape index (κ2) is 4.59. The Labute approximate surface area is 138 Å². The molecule has 0 aromatic rings. The van der Waals surface area contributed by atoms with Gasteiger partial charge in [0, 0.05) is 11.3 Å². The van der Waals surface area contributed by atoms with Crippen LogP contribution in [0.3, 0.4) is 0 Å². The van der Waals surface area contributed by atoms with E-state index >= 15 is 0 Å². The first-order valence-corrected chi connectivity index (χ1v) is 9.00. The van der Waals surface area contributed by atoms with Crippen LogP contribution in [0.25, 0.3) is 0 Å². The highest BCUT2D eigenvalue weighted by molar-refractivity contribution is 5.81. The Hall–Kier alpha value is -0.900. The van der Waals surface area contributed by atoms with Crippen molar-refractivity contribution in [3.05, 3.63) is 0 Å². The summed E-state index contributed by atoms with van der Waals surface area (Å²) in [6.07, 6.45) is 6.59. The van der Waals surface area contributed by atoms with Gasteiger partial charge < -0.3 is 9.47 Å². The molecule has 0 aromatic carbocycles. The third-order valence-electron chi connectivity index (χ3n) is 7.91. The Kier molecular flexibility index (Phi) is 3.12. The van der Waals surface area contributed by atoms with Crippen molar-refractivity contribution in [3.8, 4) is 0 Å². The summed E-state index contributed by atoms with van der Waals surface area (Å²) in [4.78, 5) is 24.5. The number of ketones is 1. The van der Waals surface area contributed by atoms with Crippen LogP contribution in [0.2, 0.25) is 0 Å². The first-order chi connectivity index (χ1) is 10.8. The number of methoxy groups -OCH3 is 1. The van der Waals surface area contributed by atoms with Gasteiger partial charge in [0.1, 0.15) is 5.78 Å². The summed E-state index contributed by atoms with van der Waals surface area (Å²) in [5.41, 5.74) is 0.210. The summed E-state index contributed by atoms with van der Waals surface area (Å²) in [6, 6.07) is 0. The van der Waals surface area contributed by atoms with Crippen molar-refractivity contribution < 1.29 is 19.1 Å². The molecule has 0 radical (unpaired) electrons. The lowest BCUT2D eigenvalue weighted by molar-refractivity contribution is -0.164. The van der Waals surface area contributed by atoms with Crippen LogP contribution in [0.4, 0.5) is 0 Å². The topological polar surface area (TPSA) is 55.9 Å². The average molecular weight is 320 g/mol. The number of Topliss-reactive ketones (excluding diaryl/α,β-unsaturated/α-hetero) is 1. The fourth-order valence-corrected chi connectivity index (χ4v) is 7.02. The van der Waals surface area contributed by atoms with E-state index in [1.165, 1.54) is 13.5 Å². The molecule has 23 heavy (non-hydrogen) atoms. The molecule has 0 aromatic heterocycles. The van der Waals surface area contributed by atoms with E-state index < -0.39 is 0 Å². The molecule has 1 saturated heterocycles. The van der Waals surface area contributed by atoms with E-state index in [-0.39, 0.29) is 28.5 Å². The van der Waals surface area contributed by atoms with Crippen molar-refractivity contribution in [1.82, 2.24) is 0 Å². The molecule has 7 atom stereocenters. The van der Waals surface area contributed by atoms with Crippen molar-refractivity contribution in [2.24, 2.45) is 28.1 Å². The highest BCUT2D eigenvalue weighted by Gasteiger charge is 2.76. The van der Waals surface area contributed by atoms with Crippen LogP contribution in [-0.2, 0) is 19.1 Å². The lowest BCUT2D eigenvalue weighted by Crippen LogP contribution is -2.56. The van der Waals surface area contributed by atoms with Gasteiger partial charge in [0.2, 0.25) is 0 Å². The number of ether oxygens (including phenoxy) is 2. The Morgan fingerprint density at radius 3 is 2.57 bits per heavy atom. The maximum Gasteiger partial charge on any atom is 0.306 e. The van der Waals surface area contributed by atoms with Crippen LogP contribution in [0, 0.1) is 28.1 Å². The van der Waals surface area contributed by atoms with Gasteiger partial charge >= 0.3 is 5.97 Å². The normalized spacial score (nSPS) is 53.2. The van der Waals surface area contributed by atoms with Crippen molar-refractivity contribution in [2.75, 3.05) is 7.11 Å². The standard InChI is InChI=1S/C19H28O4/c1-11(20)12-5-8-19-10-17(2,15-16(19)23-15)7-6-13(19)18(12,3)9-14(21)22-4/h12-13,15-16H,5-10H2,1-4H3. The second-order valence-electron chi connectivity index (χ2n) is 9.09. The second-order valence-corrected chi connectivity index (χ2v) is 9.09. The summed E-state index contributed by atoms with van der Waals surface area (Å²) in [6.45, 7) is 6.23. The number of hydrogen-bond acceptors (Lipinski definition) is 4. The van der Waals surface area contributed by atoms with E-state index in [1.807, 2.05) is 0 Å². The van der Waals surface area contributed by atoms with Gasteiger partial charge in [-0.15, -0.1) is 0 Å². The number of rotatable bonds is 3. The molecule has 7 unspecified atom stereocenters.